The Hall–Kier alpha value is -1.35. The van der Waals surface area contributed by atoms with E-state index in [1.807, 2.05) is 32.0 Å². The first-order chi connectivity index (χ1) is 8.43. The molecule has 0 saturated heterocycles. The van der Waals surface area contributed by atoms with Gasteiger partial charge in [0.25, 0.3) is 0 Å². The van der Waals surface area contributed by atoms with Crippen LogP contribution in [0, 0.1) is 11.8 Å². The fourth-order valence-electron chi connectivity index (χ4n) is 2.13. The molecular weight excluding hydrogens is 224 g/mol. The molecule has 0 heterocycles. The molecule has 0 aliphatic heterocycles. The van der Waals surface area contributed by atoms with E-state index in [-0.39, 0.29) is 23.9 Å². The lowest BCUT2D eigenvalue weighted by Crippen LogP contribution is -2.47. The quantitative estimate of drug-likeness (QED) is 0.812. The van der Waals surface area contributed by atoms with Crippen molar-refractivity contribution in [3.8, 4) is 0 Å². The molecule has 18 heavy (non-hydrogen) atoms. The van der Waals surface area contributed by atoms with Gasteiger partial charge in [0, 0.05) is 6.04 Å². The van der Waals surface area contributed by atoms with E-state index >= 15 is 0 Å². The molecule has 2 unspecified atom stereocenters. The van der Waals surface area contributed by atoms with E-state index in [1.165, 1.54) is 5.56 Å². The first-order valence-corrected chi connectivity index (χ1v) is 6.53. The summed E-state index contributed by atoms with van der Waals surface area (Å²) < 4.78 is 0. The molecule has 0 saturated carbocycles. The van der Waals surface area contributed by atoms with Crippen LogP contribution >= 0.6 is 0 Å². The number of amides is 1. The van der Waals surface area contributed by atoms with Gasteiger partial charge in [0.2, 0.25) is 5.91 Å². The van der Waals surface area contributed by atoms with Crippen molar-refractivity contribution in [1.29, 1.82) is 0 Å². The van der Waals surface area contributed by atoms with E-state index in [9.17, 15) is 4.79 Å². The number of nitrogens with two attached hydrogens (primary N) is 1. The summed E-state index contributed by atoms with van der Waals surface area (Å²) >= 11 is 0. The van der Waals surface area contributed by atoms with Gasteiger partial charge in [-0.2, -0.15) is 0 Å². The molecule has 0 spiro atoms. The zero-order valence-corrected chi connectivity index (χ0v) is 11.7. The second-order valence-electron chi connectivity index (χ2n) is 5.42. The lowest BCUT2D eigenvalue weighted by Gasteiger charge is -2.29. The minimum Gasteiger partial charge on any atom is -0.368 e. The van der Waals surface area contributed by atoms with Gasteiger partial charge in [-0.25, -0.2) is 0 Å². The number of primary amides is 1. The third kappa shape index (κ3) is 3.84. The van der Waals surface area contributed by atoms with Crippen molar-refractivity contribution < 1.29 is 4.79 Å². The largest absolute Gasteiger partial charge is 0.368 e. The lowest BCUT2D eigenvalue weighted by atomic mass is 9.93. The van der Waals surface area contributed by atoms with Crippen LogP contribution in [-0.4, -0.2) is 11.9 Å². The van der Waals surface area contributed by atoms with Gasteiger partial charge in [-0.05, 0) is 17.4 Å². The van der Waals surface area contributed by atoms with Gasteiger partial charge in [0.1, 0.15) is 0 Å². The highest BCUT2D eigenvalue weighted by Gasteiger charge is 2.25. The van der Waals surface area contributed by atoms with Crippen LogP contribution in [0.25, 0.3) is 0 Å². The van der Waals surface area contributed by atoms with E-state index < -0.39 is 0 Å². The SMILES string of the molecule is CC(C)C(NC(c1ccccc1)C(C)C)C(N)=O. The van der Waals surface area contributed by atoms with E-state index in [2.05, 4.69) is 31.3 Å². The average molecular weight is 248 g/mol. The molecule has 0 bridgehead atoms. The van der Waals surface area contributed by atoms with E-state index in [4.69, 9.17) is 5.73 Å². The summed E-state index contributed by atoms with van der Waals surface area (Å²) in [6.07, 6.45) is 0. The van der Waals surface area contributed by atoms with Crippen molar-refractivity contribution >= 4 is 5.91 Å². The Morgan fingerprint density at radius 3 is 2.00 bits per heavy atom. The van der Waals surface area contributed by atoms with Gasteiger partial charge in [0.15, 0.2) is 0 Å². The molecule has 0 radical (unpaired) electrons. The summed E-state index contributed by atoms with van der Waals surface area (Å²) in [6, 6.07) is 10.0. The summed E-state index contributed by atoms with van der Waals surface area (Å²) in [5.41, 5.74) is 6.66. The summed E-state index contributed by atoms with van der Waals surface area (Å²) in [7, 11) is 0. The number of hydrogen-bond acceptors (Lipinski definition) is 2. The molecule has 3 heteroatoms. The fourth-order valence-corrected chi connectivity index (χ4v) is 2.13. The van der Waals surface area contributed by atoms with Crippen LogP contribution < -0.4 is 11.1 Å². The number of nitrogens with one attached hydrogen (secondary N) is 1. The maximum absolute atomic E-state index is 11.5. The predicted octanol–water partition coefficient (Wildman–Crippen LogP) is 2.48. The highest BCUT2D eigenvalue weighted by atomic mass is 16.1. The summed E-state index contributed by atoms with van der Waals surface area (Å²) in [4.78, 5) is 11.5. The third-order valence-corrected chi connectivity index (χ3v) is 3.16. The minimum atomic E-state index is -0.294. The Kier molecular flexibility index (Phi) is 5.35. The van der Waals surface area contributed by atoms with Crippen LogP contribution in [0.1, 0.15) is 39.3 Å². The topological polar surface area (TPSA) is 55.1 Å². The summed E-state index contributed by atoms with van der Waals surface area (Å²) in [6.45, 7) is 8.29. The Labute approximate surface area is 110 Å². The summed E-state index contributed by atoms with van der Waals surface area (Å²) in [5.74, 6) is 0.298. The van der Waals surface area contributed by atoms with Crippen LogP contribution in [0.3, 0.4) is 0 Å². The highest BCUT2D eigenvalue weighted by molar-refractivity contribution is 5.80. The highest BCUT2D eigenvalue weighted by Crippen LogP contribution is 2.23. The van der Waals surface area contributed by atoms with E-state index in [0.717, 1.165) is 0 Å². The molecule has 0 fully saturated rings. The van der Waals surface area contributed by atoms with Crippen molar-refractivity contribution in [2.75, 3.05) is 0 Å². The molecule has 1 rings (SSSR count). The van der Waals surface area contributed by atoms with Crippen LogP contribution in [0.15, 0.2) is 30.3 Å². The molecular formula is C15H24N2O. The van der Waals surface area contributed by atoms with Gasteiger partial charge in [-0.1, -0.05) is 58.0 Å². The molecule has 0 aliphatic carbocycles. The maximum atomic E-state index is 11.5. The zero-order chi connectivity index (χ0) is 13.7. The van der Waals surface area contributed by atoms with Crippen LogP contribution in [-0.2, 0) is 4.79 Å². The number of carbonyl (C=O) groups is 1. The van der Waals surface area contributed by atoms with Gasteiger partial charge in [-0.3, -0.25) is 10.1 Å². The molecule has 2 atom stereocenters. The van der Waals surface area contributed by atoms with Gasteiger partial charge < -0.3 is 5.73 Å². The number of rotatable bonds is 6. The van der Waals surface area contributed by atoms with Crippen molar-refractivity contribution in [3.05, 3.63) is 35.9 Å². The van der Waals surface area contributed by atoms with Crippen LogP contribution in [0.4, 0.5) is 0 Å². The van der Waals surface area contributed by atoms with Crippen molar-refractivity contribution in [2.24, 2.45) is 17.6 Å². The van der Waals surface area contributed by atoms with Gasteiger partial charge in [0.05, 0.1) is 6.04 Å². The fraction of sp³-hybridized carbons (Fsp3) is 0.533. The monoisotopic (exact) mass is 248 g/mol. The first kappa shape index (κ1) is 14.7. The third-order valence-electron chi connectivity index (χ3n) is 3.16. The Balaban J connectivity index is 2.90. The number of hydrogen-bond donors (Lipinski definition) is 2. The Morgan fingerprint density at radius 2 is 1.61 bits per heavy atom. The predicted molar refractivity (Wildman–Crippen MR) is 75.0 cm³/mol. The molecule has 0 aromatic heterocycles. The standard InChI is InChI=1S/C15H24N2O/c1-10(2)13(12-8-6-5-7-9-12)17-14(11(3)4)15(16)18/h5-11,13-14,17H,1-4H3,(H2,16,18). The molecule has 100 valence electrons. The average Bonchev–Trinajstić information content (AvgIpc) is 2.29. The van der Waals surface area contributed by atoms with Gasteiger partial charge >= 0.3 is 0 Å². The second kappa shape index (κ2) is 6.55. The molecule has 1 aromatic rings. The van der Waals surface area contributed by atoms with E-state index in [1.54, 1.807) is 0 Å². The Morgan fingerprint density at radius 1 is 1.06 bits per heavy atom. The molecule has 3 nitrogen and oxygen atoms in total. The number of benzene rings is 1. The van der Waals surface area contributed by atoms with Gasteiger partial charge in [-0.15, -0.1) is 0 Å². The van der Waals surface area contributed by atoms with Crippen molar-refractivity contribution in [1.82, 2.24) is 5.32 Å². The molecule has 1 amide bonds. The zero-order valence-electron chi connectivity index (χ0n) is 11.7. The number of carbonyl (C=O) groups excluding carboxylic acids is 1. The van der Waals surface area contributed by atoms with Crippen molar-refractivity contribution in [3.63, 3.8) is 0 Å². The molecule has 3 N–H and O–H groups in total. The van der Waals surface area contributed by atoms with Crippen molar-refractivity contribution in [2.45, 2.75) is 39.8 Å². The molecule has 1 aromatic carbocycles. The normalized spacial score (nSPS) is 14.8. The smallest absolute Gasteiger partial charge is 0.234 e. The summed E-state index contributed by atoms with van der Waals surface area (Å²) in [5, 5.41) is 3.39. The maximum Gasteiger partial charge on any atom is 0.234 e. The van der Waals surface area contributed by atoms with Crippen LogP contribution in [0.5, 0.6) is 0 Å². The molecule has 0 aliphatic rings. The first-order valence-electron chi connectivity index (χ1n) is 6.53. The minimum absolute atomic E-state index is 0.145. The van der Waals surface area contributed by atoms with E-state index in [0.29, 0.717) is 5.92 Å². The van der Waals surface area contributed by atoms with Crippen LogP contribution in [0.2, 0.25) is 0 Å². The Bertz CT molecular complexity index is 373. The second-order valence-corrected chi connectivity index (χ2v) is 5.42. The lowest BCUT2D eigenvalue weighted by molar-refractivity contribution is -0.121.